The molecule has 0 N–H and O–H groups in total. The Bertz CT molecular complexity index is 1590. The highest BCUT2D eigenvalue weighted by atomic mass is 32.1. The van der Waals surface area contributed by atoms with Crippen molar-refractivity contribution in [3.63, 3.8) is 0 Å². The third-order valence-corrected chi connectivity index (χ3v) is 7.86. The number of halogens is 1. The largest absolute Gasteiger partial charge is 0.494 e. The number of carbonyl (C=O) groups is 2. The maximum Gasteiger partial charge on any atom is 0.297 e. The van der Waals surface area contributed by atoms with Crippen LogP contribution in [0.2, 0.25) is 0 Å². The summed E-state index contributed by atoms with van der Waals surface area (Å²) in [6.07, 6.45) is 4.37. The maximum atomic E-state index is 14.0. The minimum Gasteiger partial charge on any atom is -0.494 e. The van der Waals surface area contributed by atoms with Crippen molar-refractivity contribution in [3.8, 4) is 5.75 Å². The summed E-state index contributed by atoms with van der Waals surface area (Å²) in [6, 6.07) is 9.94. The first-order chi connectivity index (χ1) is 18.3. The molecule has 0 aliphatic carbocycles. The predicted octanol–water partition coefficient (Wildman–Crippen LogP) is 6.61. The van der Waals surface area contributed by atoms with Gasteiger partial charge in [0, 0.05) is 6.92 Å². The zero-order valence-electron chi connectivity index (χ0n) is 21.4. The lowest BCUT2D eigenvalue weighted by Gasteiger charge is -2.22. The van der Waals surface area contributed by atoms with Crippen molar-refractivity contribution in [2.24, 2.45) is 0 Å². The average Bonchev–Trinajstić information content (AvgIpc) is 3.42. The molecule has 9 heteroatoms. The summed E-state index contributed by atoms with van der Waals surface area (Å²) in [4.78, 5) is 45.8. The van der Waals surface area contributed by atoms with Crippen LogP contribution in [0.25, 0.3) is 11.0 Å². The van der Waals surface area contributed by atoms with Crippen LogP contribution < -0.4 is 15.1 Å². The number of unbranched alkanes of at least 4 members (excludes halogenated alkanes) is 3. The fourth-order valence-electron chi connectivity index (χ4n) is 4.73. The number of aryl methyl sites for hydroxylation is 1. The van der Waals surface area contributed by atoms with Crippen molar-refractivity contribution >= 4 is 39.1 Å². The van der Waals surface area contributed by atoms with E-state index in [-0.39, 0.29) is 33.2 Å². The van der Waals surface area contributed by atoms with Gasteiger partial charge in [-0.3, -0.25) is 19.3 Å². The molecule has 0 bridgehead atoms. The number of fused-ring (bicyclic) bond motifs is 2. The van der Waals surface area contributed by atoms with Gasteiger partial charge in [0.2, 0.25) is 5.76 Å². The van der Waals surface area contributed by atoms with Gasteiger partial charge in [0.05, 0.1) is 34.2 Å². The Morgan fingerprint density at radius 2 is 1.89 bits per heavy atom. The fourth-order valence-corrected chi connectivity index (χ4v) is 5.72. The number of nitrogens with zero attached hydrogens (tertiary/aromatic N) is 2. The molecule has 4 aromatic rings. The summed E-state index contributed by atoms with van der Waals surface area (Å²) in [5.41, 5.74) is 0.876. The average molecular weight is 535 g/mol. The van der Waals surface area contributed by atoms with E-state index in [1.54, 1.807) is 31.2 Å². The topological polar surface area (TPSA) is 89.7 Å². The van der Waals surface area contributed by atoms with Crippen LogP contribution in [0.4, 0.5) is 9.52 Å². The SMILES string of the molecule is CCCCCCOc1ccc(C2c3c(oc4ccc(F)cc4c3=O)C(=O)N2c2nc(C)c(C(C)=O)s2)cc1. The number of carbonyl (C=O) groups excluding carboxylic acids is 2. The molecule has 0 radical (unpaired) electrons. The van der Waals surface area contributed by atoms with Crippen LogP contribution in [0, 0.1) is 12.7 Å². The molecule has 38 heavy (non-hydrogen) atoms. The third-order valence-electron chi connectivity index (χ3n) is 6.61. The van der Waals surface area contributed by atoms with Crippen LogP contribution in [0.1, 0.15) is 82.6 Å². The van der Waals surface area contributed by atoms with Crippen LogP contribution in [0.3, 0.4) is 0 Å². The Labute approximate surface area is 222 Å². The molecule has 3 heterocycles. The quantitative estimate of drug-likeness (QED) is 0.177. The highest BCUT2D eigenvalue weighted by molar-refractivity contribution is 7.17. The standard InChI is InChI=1S/C29H27FN2O5S/c1-4-5-6-7-14-36-20-11-8-18(9-12-20)24-23-25(34)21-15-19(30)10-13-22(21)37-26(23)28(35)32(24)29-31-16(2)27(38-29)17(3)33/h8-13,15,24H,4-7,14H2,1-3H3. The lowest BCUT2D eigenvalue weighted by Crippen LogP contribution is -2.29. The molecule has 0 saturated heterocycles. The van der Waals surface area contributed by atoms with E-state index < -0.39 is 23.2 Å². The van der Waals surface area contributed by atoms with E-state index in [0.717, 1.165) is 43.1 Å². The van der Waals surface area contributed by atoms with Crippen molar-refractivity contribution in [2.45, 2.75) is 52.5 Å². The van der Waals surface area contributed by atoms with Gasteiger partial charge in [0.25, 0.3) is 5.91 Å². The van der Waals surface area contributed by atoms with Crippen LogP contribution in [0.5, 0.6) is 5.75 Å². The normalized spacial score (nSPS) is 14.8. The van der Waals surface area contributed by atoms with Gasteiger partial charge in [0.1, 0.15) is 17.1 Å². The summed E-state index contributed by atoms with van der Waals surface area (Å²) in [5.74, 6) is -0.730. The minimum atomic E-state index is -0.870. The summed E-state index contributed by atoms with van der Waals surface area (Å²) < 4.78 is 25.8. The predicted molar refractivity (Wildman–Crippen MR) is 144 cm³/mol. The van der Waals surface area contributed by atoms with Crippen molar-refractivity contribution in [2.75, 3.05) is 11.5 Å². The van der Waals surface area contributed by atoms with Crippen molar-refractivity contribution in [1.82, 2.24) is 4.98 Å². The second-order valence-corrected chi connectivity index (χ2v) is 10.3. The van der Waals surface area contributed by atoms with Crippen LogP contribution in [-0.2, 0) is 0 Å². The first kappa shape index (κ1) is 25.8. The van der Waals surface area contributed by atoms with Gasteiger partial charge in [-0.1, -0.05) is 49.7 Å². The van der Waals surface area contributed by atoms with Crippen molar-refractivity contribution in [1.29, 1.82) is 0 Å². The number of ketones is 1. The summed E-state index contributed by atoms with van der Waals surface area (Å²) in [7, 11) is 0. The number of aromatic nitrogens is 1. The number of rotatable bonds is 9. The van der Waals surface area contributed by atoms with E-state index in [9.17, 15) is 18.8 Å². The van der Waals surface area contributed by atoms with Gasteiger partial charge in [-0.05, 0) is 49.2 Å². The maximum absolute atomic E-state index is 14.0. The molecule has 1 amide bonds. The Hall–Kier alpha value is -3.85. The van der Waals surface area contributed by atoms with E-state index in [1.165, 1.54) is 24.0 Å². The molecule has 2 aromatic heterocycles. The Morgan fingerprint density at radius 1 is 1.13 bits per heavy atom. The van der Waals surface area contributed by atoms with Crippen LogP contribution in [-0.4, -0.2) is 23.3 Å². The Balaban J connectivity index is 1.60. The van der Waals surface area contributed by atoms with E-state index in [1.807, 2.05) is 0 Å². The number of thiazole rings is 1. The van der Waals surface area contributed by atoms with E-state index in [4.69, 9.17) is 9.15 Å². The molecule has 1 unspecified atom stereocenters. The molecule has 1 atom stereocenters. The molecule has 1 aliphatic rings. The van der Waals surface area contributed by atoms with Gasteiger partial charge in [-0.25, -0.2) is 9.37 Å². The van der Waals surface area contributed by atoms with Crippen molar-refractivity contribution in [3.05, 3.63) is 86.0 Å². The molecule has 196 valence electrons. The summed E-state index contributed by atoms with van der Waals surface area (Å²) in [6.45, 7) is 5.90. The summed E-state index contributed by atoms with van der Waals surface area (Å²) in [5, 5.41) is 0.329. The van der Waals surface area contributed by atoms with Crippen molar-refractivity contribution < 1.29 is 23.1 Å². The number of amides is 1. The number of anilines is 1. The monoisotopic (exact) mass is 534 g/mol. The second kappa shape index (κ2) is 10.5. The zero-order valence-corrected chi connectivity index (χ0v) is 22.2. The zero-order chi connectivity index (χ0) is 27.0. The van der Waals surface area contributed by atoms with Gasteiger partial charge in [-0.15, -0.1) is 0 Å². The minimum absolute atomic E-state index is 0.0511. The number of hydrogen-bond acceptors (Lipinski definition) is 7. The van der Waals surface area contributed by atoms with Gasteiger partial charge in [0.15, 0.2) is 16.3 Å². The van der Waals surface area contributed by atoms with E-state index >= 15 is 0 Å². The fraction of sp³-hybridized carbons (Fsp3) is 0.310. The molecule has 7 nitrogen and oxygen atoms in total. The Morgan fingerprint density at radius 3 is 2.58 bits per heavy atom. The molecule has 1 aliphatic heterocycles. The lowest BCUT2D eigenvalue weighted by molar-refractivity contribution is 0.0969. The smallest absolute Gasteiger partial charge is 0.297 e. The molecule has 2 aromatic carbocycles. The van der Waals surface area contributed by atoms with Crippen LogP contribution >= 0.6 is 11.3 Å². The van der Waals surface area contributed by atoms with Crippen LogP contribution in [0.15, 0.2) is 51.7 Å². The first-order valence-corrected chi connectivity index (χ1v) is 13.4. The number of ether oxygens (including phenoxy) is 1. The molecule has 0 saturated carbocycles. The van der Waals surface area contributed by atoms with Gasteiger partial charge < -0.3 is 9.15 Å². The first-order valence-electron chi connectivity index (χ1n) is 12.6. The number of hydrogen-bond donors (Lipinski definition) is 0. The molecule has 0 fully saturated rings. The van der Waals surface area contributed by atoms with E-state index in [0.29, 0.717) is 28.5 Å². The number of benzene rings is 2. The molecule has 5 rings (SSSR count). The molecular weight excluding hydrogens is 507 g/mol. The lowest BCUT2D eigenvalue weighted by atomic mass is 9.98. The highest BCUT2D eigenvalue weighted by Crippen LogP contribution is 2.43. The second-order valence-electron chi connectivity index (χ2n) is 9.34. The molecule has 0 spiro atoms. The third kappa shape index (κ3) is 4.62. The van der Waals surface area contributed by atoms with E-state index in [2.05, 4.69) is 11.9 Å². The Kier molecular flexibility index (Phi) is 7.12. The van der Waals surface area contributed by atoms with Gasteiger partial charge in [-0.2, -0.15) is 0 Å². The summed E-state index contributed by atoms with van der Waals surface area (Å²) >= 11 is 1.09. The number of Topliss-reactive ketones (excluding diaryl/α,β-unsaturated/α-hetero) is 1. The van der Waals surface area contributed by atoms with Gasteiger partial charge >= 0.3 is 0 Å². The molecular formula is C29H27FN2O5S. The highest BCUT2D eigenvalue weighted by Gasteiger charge is 2.45.